The van der Waals surface area contributed by atoms with Crippen molar-refractivity contribution >= 4 is 75.5 Å². The van der Waals surface area contributed by atoms with Crippen LogP contribution in [0.4, 0.5) is 4.79 Å². The van der Waals surface area contributed by atoms with Crippen molar-refractivity contribution in [1.82, 2.24) is 20.0 Å². The van der Waals surface area contributed by atoms with Crippen molar-refractivity contribution in [3.63, 3.8) is 0 Å². The van der Waals surface area contributed by atoms with Crippen LogP contribution in [-0.2, 0) is 27.4 Å². The highest BCUT2D eigenvalue weighted by Gasteiger charge is 2.43. The number of carbonyl (C=O) groups is 3. The minimum Gasteiger partial charge on any atom is -0.497 e. The molecular formula is C54H62Cl4N4O7. The van der Waals surface area contributed by atoms with Crippen molar-refractivity contribution in [3.05, 3.63) is 138 Å². The molecule has 0 saturated heterocycles. The monoisotopic (exact) mass is 1020 g/mol. The van der Waals surface area contributed by atoms with Gasteiger partial charge in [-0.3, -0.25) is 9.59 Å². The van der Waals surface area contributed by atoms with E-state index in [1.54, 1.807) is 31.3 Å². The fourth-order valence-electron chi connectivity index (χ4n) is 9.07. The highest BCUT2D eigenvalue weighted by Crippen LogP contribution is 2.40. The number of aliphatic hydroxyl groups excluding tert-OH is 1. The Labute approximate surface area is 426 Å². The largest absolute Gasteiger partial charge is 0.497 e. The van der Waals surface area contributed by atoms with Gasteiger partial charge < -0.3 is 39.3 Å². The van der Waals surface area contributed by atoms with Crippen molar-refractivity contribution in [1.29, 1.82) is 0 Å². The maximum Gasteiger partial charge on any atom is 0.410 e. The molecule has 368 valence electrons. The molecule has 3 amide bonds. The maximum absolute atomic E-state index is 14.5. The molecule has 69 heavy (non-hydrogen) atoms. The molecule has 11 nitrogen and oxygen atoms in total. The van der Waals surface area contributed by atoms with Crippen LogP contribution in [0.15, 0.2) is 96.1 Å². The number of hydrogen-bond donors (Lipinski definition) is 2. The summed E-state index contributed by atoms with van der Waals surface area (Å²) in [6, 6.07) is 25.9. The van der Waals surface area contributed by atoms with Crippen LogP contribution in [-0.4, -0.2) is 101 Å². The third-order valence-corrected chi connectivity index (χ3v) is 14.6. The Morgan fingerprint density at radius 2 is 1.16 bits per heavy atom. The minimum absolute atomic E-state index is 0.0596. The van der Waals surface area contributed by atoms with Crippen LogP contribution in [0.25, 0.3) is 11.1 Å². The summed E-state index contributed by atoms with van der Waals surface area (Å²) in [6.07, 6.45) is 5.22. The van der Waals surface area contributed by atoms with Gasteiger partial charge in [0.2, 0.25) is 0 Å². The van der Waals surface area contributed by atoms with Crippen LogP contribution in [0.3, 0.4) is 0 Å². The van der Waals surface area contributed by atoms with E-state index in [2.05, 4.69) is 5.32 Å². The van der Waals surface area contributed by atoms with Crippen molar-refractivity contribution in [2.45, 2.75) is 115 Å². The molecular weight excluding hydrogens is 958 g/mol. The summed E-state index contributed by atoms with van der Waals surface area (Å²) in [7, 11) is 3.26. The van der Waals surface area contributed by atoms with Gasteiger partial charge in [0, 0.05) is 42.9 Å². The van der Waals surface area contributed by atoms with Crippen molar-refractivity contribution in [2.24, 2.45) is 0 Å². The lowest BCUT2D eigenvalue weighted by Crippen LogP contribution is -2.50. The summed E-state index contributed by atoms with van der Waals surface area (Å²) in [4.78, 5) is 47.1. The molecule has 0 radical (unpaired) electrons. The van der Waals surface area contributed by atoms with Crippen molar-refractivity contribution < 1.29 is 33.7 Å². The summed E-state index contributed by atoms with van der Waals surface area (Å²) < 4.78 is 16.4. The highest BCUT2D eigenvalue weighted by atomic mass is 35.5. The molecule has 4 aromatic rings. The van der Waals surface area contributed by atoms with Crippen molar-refractivity contribution in [2.75, 3.05) is 33.9 Å². The summed E-state index contributed by atoms with van der Waals surface area (Å²) >= 11 is 25.4. The third-order valence-electron chi connectivity index (χ3n) is 12.9. The number of rotatable bonds is 14. The average molecular weight is 1020 g/mol. The lowest BCUT2D eigenvalue weighted by molar-refractivity contribution is -0.129. The molecule has 2 atom stereocenters. The number of aliphatic hydroxyl groups is 1. The molecule has 2 aliphatic heterocycles. The molecule has 2 N–H and O–H groups in total. The molecule has 2 fully saturated rings. The number of benzene rings is 4. The predicted octanol–water partition coefficient (Wildman–Crippen LogP) is 11.7. The molecule has 8 rings (SSSR count). The van der Waals surface area contributed by atoms with Crippen molar-refractivity contribution in [3.8, 4) is 11.5 Å². The van der Waals surface area contributed by atoms with Gasteiger partial charge in [0.1, 0.15) is 17.1 Å². The summed E-state index contributed by atoms with van der Waals surface area (Å²) in [5, 5.41) is 15.2. The van der Waals surface area contributed by atoms with Gasteiger partial charge in [-0.1, -0.05) is 102 Å². The van der Waals surface area contributed by atoms with Crippen LogP contribution in [0.1, 0.15) is 94.9 Å². The Morgan fingerprint density at radius 1 is 0.696 bits per heavy atom. The van der Waals surface area contributed by atoms with E-state index >= 15 is 0 Å². The Morgan fingerprint density at radius 3 is 1.58 bits per heavy atom. The van der Waals surface area contributed by atoms with Gasteiger partial charge in [-0.05, 0) is 142 Å². The second-order valence-corrected chi connectivity index (χ2v) is 20.4. The highest BCUT2D eigenvalue weighted by molar-refractivity contribution is 6.43. The molecule has 2 saturated carbocycles. The molecule has 0 bridgehead atoms. The molecule has 0 aromatic heterocycles. The molecule has 0 unspecified atom stereocenters. The van der Waals surface area contributed by atoms with Gasteiger partial charge in [-0.2, -0.15) is 0 Å². The normalized spacial score (nSPS) is 18.3. The molecule has 4 aromatic carbocycles. The lowest BCUT2D eigenvalue weighted by Gasteiger charge is -2.40. The number of ether oxygens (including phenoxy) is 3. The second-order valence-electron chi connectivity index (χ2n) is 18.8. The van der Waals surface area contributed by atoms with Gasteiger partial charge in [-0.25, -0.2) is 4.79 Å². The first-order valence-corrected chi connectivity index (χ1v) is 25.1. The van der Waals surface area contributed by atoms with E-state index in [9.17, 15) is 19.5 Å². The Bertz CT molecular complexity index is 2550. The fourth-order valence-corrected chi connectivity index (χ4v) is 9.83. The number of nitrogens with one attached hydrogen (secondary N) is 1. The Balaban J connectivity index is 0.000000208. The van der Waals surface area contributed by atoms with Crippen LogP contribution < -0.4 is 14.8 Å². The van der Waals surface area contributed by atoms with Crippen LogP contribution in [0, 0.1) is 0 Å². The van der Waals surface area contributed by atoms with Gasteiger partial charge in [0.25, 0.3) is 11.8 Å². The minimum atomic E-state index is -0.636. The van der Waals surface area contributed by atoms with E-state index in [1.807, 2.05) is 110 Å². The number of carbonyl (C=O) groups excluding carboxylic acids is 3. The lowest BCUT2D eigenvalue weighted by atomic mass is 9.86. The molecule has 2 heterocycles. The summed E-state index contributed by atoms with van der Waals surface area (Å²) in [5.41, 5.74) is 6.10. The number of methoxy groups -OCH3 is 2. The van der Waals surface area contributed by atoms with Gasteiger partial charge in [-0.15, -0.1) is 0 Å². The second kappa shape index (κ2) is 23.0. The van der Waals surface area contributed by atoms with Gasteiger partial charge >= 0.3 is 6.09 Å². The van der Waals surface area contributed by atoms with Crippen LogP contribution >= 0.6 is 46.4 Å². The zero-order chi connectivity index (χ0) is 49.6. The molecule has 15 heteroatoms. The first-order chi connectivity index (χ1) is 33.1. The first kappa shape index (κ1) is 52.1. The standard InChI is InChI=1S/C30H36Cl2N2O4.C24H26Cl2N2O3/c1-6-25-26(28(35)34(21-12-13-21)18-20-8-7-9-24(31)27(20)32)23(19-10-14-22(37-5)15-11-19)16-17-33(25)29(36)38-30(2,3)4;1-31-18-9-5-15(6-10-18)19-11-12-27-21(14-29)22(19)24(30)28(17-7-8-17)13-16-3-2-4-20(25)23(16)26/h7-11,14-15,21,25H,6,12-13,16-18H2,1-5H3;2-6,9-10,17,21,27,29H,7-8,11-14H2,1H3/t25-;21-/m11/s1. The Kier molecular flexibility index (Phi) is 17.4. The van der Waals surface area contributed by atoms with E-state index in [0.717, 1.165) is 70.6 Å². The summed E-state index contributed by atoms with van der Waals surface area (Å²) in [5.74, 6) is 1.38. The predicted molar refractivity (Wildman–Crippen MR) is 275 cm³/mol. The molecule has 4 aliphatic rings. The van der Waals surface area contributed by atoms with Crippen LogP contribution in [0.2, 0.25) is 20.1 Å². The number of hydrogen-bond acceptors (Lipinski definition) is 8. The van der Waals surface area contributed by atoms with E-state index < -0.39 is 23.8 Å². The topological polar surface area (TPSA) is 121 Å². The van der Waals surface area contributed by atoms with Gasteiger partial charge in [0.15, 0.2) is 0 Å². The van der Waals surface area contributed by atoms with Crippen LogP contribution in [0.5, 0.6) is 11.5 Å². The third kappa shape index (κ3) is 12.6. The smallest absolute Gasteiger partial charge is 0.410 e. The first-order valence-electron chi connectivity index (χ1n) is 23.6. The Hall–Kier alpha value is -4.75. The molecule has 0 spiro atoms. The number of halogens is 4. The van der Waals surface area contributed by atoms with E-state index in [0.29, 0.717) is 76.7 Å². The van der Waals surface area contributed by atoms with E-state index in [1.165, 1.54) is 0 Å². The maximum atomic E-state index is 14.5. The SMILES string of the molecule is CC[C@@H]1C(C(=O)N(Cc2cccc(Cl)c2Cl)C2CC2)=C(c2ccc(OC)cc2)CCN1C(=O)OC(C)(C)C.COc1ccc(C2=C(C(=O)N(Cc3cccc(Cl)c3Cl)C3CC3)[C@@H](CO)NCC2)cc1. The zero-order valence-electron chi connectivity index (χ0n) is 40.1. The zero-order valence-corrected chi connectivity index (χ0v) is 43.2. The van der Waals surface area contributed by atoms with Gasteiger partial charge in [0.05, 0.1) is 53.0 Å². The molecule has 2 aliphatic carbocycles. The van der Waals surface area contributed by atoms with E-state index in [-0.39, 0.29) is 30.5 Å². The quantitative estimate of drug-likeness (QED) is 0.128. The van der Waals surface area contributed by atoms with E-state index in [4.69, 9.17) is 60.6 Å². The number of amides is 3. The average Bonchev–Trinajstić information content (AvgIpc) is 4.30. The summed E-state index contributed by atoms with van der Waals surface area (Å²) in [6.45, 7) is 9.32. The fraction of sp³-hybridized carbons (Fsp3) is 0.426. The number of nitrogens with zero attached hydrogens (tertiary/aromatic N) is 3.